The molecule has 4 heterocycles. The smallest absolute Gasteiger partial charge is 0.255 e. The molecule has 0 radical (unpaired) electrons. The lowest BCUT2D eigenvalue weighted by Crippen LogP contribution is -2.53. The van der Waals surface area contributed by atoms with Crippen molar-refractivity contribution in [1.82, 2.24) is 20.0 Å². The number of piperazine rings is 1. The van der Waals surface area contributed by atoms with E-state index in [0.717, 1.165) is 64.1 Å². The number of nitrogens with one attached hydrogen (secondary N) is 1. The van der Waals surface area contributed by atoms with Crippen LogP contribution in [0.4, 0.5) is 5.69 Å². The number of hydrogen-bond donors (Lipinski definition) is 1. The summed E-state index contributed by atoms with van der Waals surface area (Å²) in [5, 5.41) is 2.34. The fourth-order valence-corrected chi connectivity index (χ4v) is 6.74. The molecule has 10 nitrogen and oxygen atoms in total. The number of carbonyl (C=O) groups excluding carboxylic acids is 4. The number of anilines is 1. The second kappa shape index (κ2) is 12.1. The largest absolute Gasteiger partial charge is 0.493 e. The van der Waals surface area contributed by atoms with E-state index >= 15 is 0 Å². The van der Waals surface area contributed by atoms with Gasteiger partial charge in [-0.1, -0.05) is 18.2 Å². The standard InChI is InChI=1S/C32H39N5O5/c1-22-6-2-7-23(20-22)34-15-17-36(18-16-34)32(41)27-9-4-13-35(27)14-5-19-42-28-10-3-8-24-25(28)21-37(31(24)40)26-11-12-29(38)33-30(26)39/h2-3,6-8,10,20,26-27H,4-5,9,11-19,21H2,1H3,(H,33,38,39). The van der Waals surface area contributed by atoms with Crippen LogP contribution in [0.15, 0.2) is 42.5 Å². The van der Waals surface area contributed by atoms with Gasteiger partial charge in [0, 0.05) is 56.0 Å². The van der Waals surface area contributed by atoms with Crippen LogP contribution in [-0.2, 0) is 20.9 Å². The van der Waals surface area contributed by atoms with Crippen LogP contribution in [0.1, 0.15) is 53.6 Å². The van der Waals surface area contributed by atoms with E-state index in [-0.39, 0.29) is 36.7 Å². The highest BCUT2D eigenvalue weighted by molar-refractivity contribution is 6.05. The zero-order valence-electron chi connectivity index (χ0n) is 24.2. The normalized spacial score (nSPS) is 22.9. The second-order valence-electron chi connectivity index (χ2n) is 11.7. The maximum atomic E-state index is 13.5. The Kier molecular flexibility index (Phi) is 8.15. The molecule has 0 aromatic heterocycles. The molecule has 0 aliphatic carbocycles. The van der Waals surface area contributed by atoms with E-state index in [2.05, 4.69) is 46.3 Å². The fraction of sp³-hybridized carbons (Fsp3) is 0.500. The lowest BCUT2D eigenvalue weighted by Gasteiger charge is -2.38. The van der Waals surface area contributed by atoms with Crippen molar-refractivity contribution >= 4 is 29.3 Å². The third-order valence-electron chi connectivity index (χ3n) is 8.99. The van der Waals surface area contributed by atoms with E-state index in [9.17, 15) is 19.2 Å². The van der Waals surface area contributed by atoms with Crippen molar-refractivity contribution in [3.8, 4) is 5.75 Å². The molecule has 2 aromatic rings. The summed E-state index contributed by atoms with van der Waals surface area (Å²) in [4.78, 5) is 58.7. The maximum Gasteiger partial charge on any atom is 0.255 e. The Morgan fingerprint density at radius 3 is 2.60 bits per heavy atom. The van der Waals surface area contributed by atoms with Crippen molar-refractivity contribution in [1.29, 1.82) is 0 Å². The van der Waals surface area contributed by atoms with E-state index in [0.29, 0.717) is 24.3 Å². The molecule has 10 heteroatoms. The van der Waals surface area contributed by atoms with E-state index in [1.165, 1.54) is 11.3 Å². The number of imide groups is 1. The third kappa shape index (κ3) is 5.72. The van der Waals surface area contributed by atoms with Crippen LogP contribution >= 0.6 is 0 Å². The van der Waals surface area contributed by atoms with E-state index in [1.54, 1.807) is 17.0 Å². The number of piperidine rings is 1. The van der Waals surface area contributed by atoms with Crippen molar-refractivity contribution in [2.24, 2.45) is 0 Å². The molecule has 4 aliphatic rings. The third-order valence-corrected chi connectivity index (χ3v) is 8.99. The Bertz CT molecular complexity index is 1370. The van der Waals surface area contributed by atoms with Gasteiger partial charge in [0.2, 0.25) is 17.7 Å². The molecule has 42 heavy (non-hydrogen) atoms. The van der Waals surface area contributed by atoms with Crippen LogP contribution in [-0.4, -0.2) is 96.3 Å². The van der Waals surface area contributed by atoms with Crippen LogP contribution in [0.2, 0.25) is 0 Å². The average molecular weight is 574 g/mol. The minimum atomic E-state index is -0.648. The van der Waals surface area contributed by atoms with E-state index in [1.807, 2.05) is 11.0 Å². The highest BCUT2D eigenvalue weighted by Crippen LogP contribution is 2.33. The first-order valence-electron chi connectivity index (χ1n) is 15.1. The van der Waals surface area contributed by atoms with Gasteiger partial charge in [-0.25, -0.2) is 0 Å². The first-order chi connectivity index (χ1) is 20.4. The SMILES string of the molecule is Cc1cccc(N2CCN(C(=O)C3CCCN3CCCOc3cccc4c3CN(C3CCC(=O)NC3=O)C4=O)CC2)c1. The summed E-state index contributed by atoms with van der Waals surface area (Å²) in [6.45, 7) is 7.73. The highest BCUT2D eigenvalue weighted by atomic mass is 16.5. The van der Waals surface area contributed by atoms with Gasteiger partial charge in [-0.15, -0.1) is 0 Å². The molecule has 1 N–H and O–H groups in total. The number of rotatable bonds is 8. The monoisotopic (exact) mass is 573 g/mol. The van der Waals surface area contributed by atoms with Crippen molar-refractivity contribution in [3.05, 3.63) is 59.2 Å². The number of ether oxygens (including phenoxy) is 1. The molecule has 4 amide bonds. The number of benzene rings is 2. The van der Waals surface area contributed by atoms with Gasteiger partial charge in [0.05, 0.1) is 19.2 Å². The number of hydrogen-bond acceptors (Lipinski definition) is 7. The zero-order chi connectivity index (χ0) is 29.2. The van der Waals surface area contributed by atoms with Gasteiger partial charge in [0.15, 0.2) is 0 Å². The number of nitrogens with zero attached hydrogens (tertiary/aromatic N) is 4. The molecule has 3 fully saturated rings. The summed E-state index contributed by atoms with van der Waals surface area (Å²) in [6.07, 6.45) is 3.23. The molecule has 222 valence electrons. The molecule has 2 atom stereocenters. The number of fused-ring (bicyclic) bond motifs is 1. The first-order valence-corrected chi connectivity index (χ1v) is 15.1. The van der Waals surface area contributed by atoms with Crippen molar-refractivity contribution in [3.63, 3.8) is 0 Å². The molecule has 2 unspecified atom stereocenters. The Hall–Kier alpha value is -3.92. The molecule has 0 spiro atoms. The van der Waals surface area contributed by atoms with Crippen molar-refractivity contribution in [2.75, 3.05) is 50.8 Å². The molecule has 3 saturated heterocycles. The van der Waals surface area contributed by atoms with E-state index in [4.69, 9.17) is 4.74 Å². The minimum Gasteiger partial charge on any atom is -0.493 e. The molecular formula is C32H39N5O5. The highest BCUT2D eigenvalue weighted by Gasteiger charge is 2.40. The second-order valence-corrected chi connectivity index (χ2v) is 11.7. The predicted octanol–water partition coefficient (Wildman–Crippen LogP) is 2.34. The van der Waals surface area contributed by atoms with Crippen molar-refractivity contribution < 1.29 is 23.9 Å². The molecule has 2 aromatic carbocycles. The molecule has 0 saturated carbocycles. The van der Waals surface area contributed by atoms with Gasteiger partial charge in [-0.3, -0.25) is 29.4 Å². The van der Waals surface area contributed by atoms with E-state index < -0.39 is 11.9 Å². The van der Waals surface area contributed by atoms with Gasteiger partial charge in [-0.2, -0.15) is 0 Å². The summed E-state index contributed by atoms with van der Waals surface area (Å²) in [5.74, 6) is -0.0330. The molecule has 0 bridgehead atoms. The van der Waals surface area contributed by atoms with Gasteiger partial charge in [0.25, 0.3) is 5.91 Å². The summed E-state index contributed by atoms with van der Waals surface area (Å²) in [7, 11) is 0. The predicted molar refractivity (Wildman–Crippen MR) is 157 cm³/mol. The number of carbonyl (C=O) groups is 4. The van der Waals surface area contributed by atoms with Crippen LogP contribution in [0, 0.1) is 6.92 Å². The Labute approximate surface area is 246 Å². The van der Waals surface area contributed by atoms with Gasteiger partial charge in [0.1, 0.15) is 11.8 Å². The lowest BCUT2D eigenvalue weighted by atomic mass is 10.0. The minimum absolute atomic E-state index is 0.0730. The summed E-state index contributed by atoms with van der Waals surface area (Å²) in [6, 6.07) is 13.2. The quantitative estimate of drug-likeness (QED) is 0.382. The van der Waals surface area contributed by atoms with Crippen LogP contribution < -0.4 is 15.0 Å². The van der Waals surface area contributed by atoms with Crippen LogP contribution in [0.5, 0.6) is 5.75 Å². The number of likely N-dealkylation sites (tertiary alicyclic amines) is 1. The Morgan fingerprint density at radius 2 is 1.81 bits per heavy atom. The first kappa shape index (κ1) is 28.2. The van der Waals surface area contributed by atoms with Gasteiger partial charge in [-0.05, 0) is 69.0 Å². The van der Waals surface area contributed by atoms with Crippen LogP contribution in [0.3, 0.4) is 0 Å². The summed E-state index contributed by atoms with van der Waals surface area (Å²) < 4.78 is 6.15. The summed E-state index contributed by atoms with van der Waals surface area (Å²) in [5.41, 5.74) is 3.80. The number of amides is 4. The Balaban J connectivity index is 0.991. The Morgan fingerprint density at radius 1 is 1.00 bits per heavy atom. The molecule has 4 aliphatic heterocycles. The lowest BCUT2D eigenvalue weighted by molar-refractivity contribution is -0.137. The van der Waals surface area contributed by atoms with Gasteiger partial charge >= 0.3 is 0 Å². The molecular weight excluding hydrogens is 534 g/mol. The molecule has 6 rings (SSSR count). The van der Waals surface area contributed by atoms with Crippen LogP contribution in [0.25, 0.3) is 0 Å². The number of aryl methyl sites for hydroxylation is 1. The van der Waals surface area contributed by atoms with Crippen molar-refractivity contribution in [2.45, 2.75) is 57.7 Å². The fourth-order valence-electron chi connectivity index (χ4n) is 6.74. The topological polar surface area (TPSA) is 102 Å². The summed E-state index contributed by atoms with van der Waals surface area (Å²) >= 11 is 0. The van der Waals surface area contributed by atoms with Gasteiger partial charge < -0.3 is 19.4 Å². The average Bonchev–Trinajstić information content (AvgIpc) is 3.60. The zero-order valence-corrected chi connectivity index (χ0v) is 24.2. The maximum absolute atomic E-state index is 13.5.